The summed E-state index contributed by atoms with van der Waals surface area (Å²) in [6.45, 7) is 4.94. The molecule has 1 heterocycles. The lowest BCUT2D eigenvalue weighted by atomic mass is 9.95. The lowest BCUT2D eigenvalue weighted by molar-refractivity contribution is -0.120. The van der Waals surface area contributed by atoms with Gasteiger partial charge in [0.25, 0.3) is 0 Å². The van der Waals surface area contributed by atoms with E-state index >= 15 is 0 Å². The molecular formula is C16H27N5OS. The number of hydrogen-bond acceptors (Lipinski definition) is 4. The molecule has 6 nitrogen and oxygen atoms in total. The average molecular weight is 337 g/mol. The van der Waals surface area contributed by atoms with Gasteiger partial charge in [-0.1, -0.05) is 19.3 Å². The van der Waals surface area contributed by atoms with Crippen molar-refractivity contribution in [3.05, 3.63) is 15.6 Å². The smallest absolute Gasteiger partial charge is 0.239 e. The number of nitrogens with zero attached hydrogens (tertiary/aromatic N) is 2. The Morgan fingerprint density at radius 3 is 2.61 bits per heavy atom. The van der Waals surface area contributed by atoms with Gasteiger partial charge in [0.05, 0.1) is 18.8 Å². The molecule has 0 radical (unpaired) electrons. The molecule has 0 saturated heterocycles. The van der Waals surface area contributed by atoms with Crippen molar-refractivity contribution in [2.24, 2.45) is 4.99 Å². The summed E-state index contributed by atoms with van der Waals surface area (Å²) in [7, 11) is 1.70. The van der Waals surface area contributed by atoms with Crippen LogP contribution in [-0.4, -0.2) is 36.5 Å². The van der Waals surface area contributed by atoms with E-state index in [4.69, 9.17) is 0 Å². The standard InChI is InChI=1S/C16H27N5OS/c1-11-12(2)23-15(20-11)10-19-16(17-3)18-9-14(22)21-13-7-5-4-6-8-13/h13H,4-10H2,1-3H3,(H,21,22)(H2,17,18,19). The fourth-order valence-corrected chi connectivity index (χ4v) is 3.56. The highest BCUT2D eigenvalue weighted by Crippen LogP contribution is 2.17. The number of carbonyl (C=O) groups is 1. The molecule has 1 aromatic rings. The molecule has 0 aromatic carbocycles. The van der Waals surface area contributed by atoms with Crippen molar-refractivity contribution in [1.29, 1.82) is 0 Å². The molecule has 23 heavy (non-hydrogen) atoms. The molecule has 1 aliphatic carbocycles. The van der Waals surface area contributed by atoms with Crippen LogP contribution in [0, 0.1) is 13.8 Å². The first kappa shape index (κ1) is 17.7. The van der Waals surface area contributed by atoms with Crippen molar-refractivity contribution in [1.82, 2.24) is 20.9 Å². The van der Waals surface area contributed by atoms with E-state index in [1.165, 1.54) is 24.1 Å². The monoisotopic (exact) mass is 337 g/mol. The van der Waals surface area contributed by atoms with Crippen molar-refractivity contribution in [3.63, 3.8) is 0 Å². The maximum absolute atomic E-state index is 12.0. The van der Waals surface area contributed by atoms with E-state index in [0.29, 0.717) is 18.5 Å². The molecule has 3 N–H and O–H groups in total. The van der Waals surface area contributed by atoms with Crippen LogP contribution in [0.2, 0.25) is 0 Å². The maximum atomic E-state index is 12.0. The predicted octanol–water partition coefficient (Wildman–Crippen LogP) is 1.87. The summed E-state index contributed by atoms with van der Waals surface area (Å²) in [4.78, 5) is 21.8. The number of hydrogen-bond donors (Lipinski definition) is 3. The van der Waals surface area contributed by atoms with E-state index in [1.54, 1.807) is 18.4 Å². The van der Waals surface area contributed by atoms with Gasteiger partial charge in [-0.15, -0.1) is 11.3 Å². The van der Waals surface area contributed by atoms with Crippen LogP contribution in [0.15, 0.2) is 4.99 Å². The van der Waals surface area contributed by atoms with Gasteiger partial charge in [0.1, 0.15) is 5.01 Å². The van der Waals surface area contributed by atoms with Gasteiger partial charge in [-0.2, -0.15) is 0 Å². The second-order valence-electron chi connectivity index (χ2n) is 5.93. The normalized spacial score (nSPS) is 16.2. The van der Waals surface area contributed by atoms with E-state index in [2.05, 4.69) is 32.9 Å². The van der Waals surface area contributed by atoms with Gasteiger partial charge in [0, 0.05) is 18.0 Å². The molecule has 128 valence electrons. The first-order valence-electron chi connectivity index (χ1n) is 8.25. The fraction of sp³-hybridized carbons (Fsp3) is 0.688. The lowest BCUT2D eigenvalue weighted by Gasteiger charge is -2.23. The Labute approximate surface area is 142 Å². The van der Waals surface area contributed by atoms with E-state index < -0.39 is 0 Å². The molecule has 0 unspecified atom stereocenters. The van der Waals surface area contributed by atoms with Crippen molar-refractivity contribution >= 4 is 23.2 Å². The van der Waals surface area contributed by atoms with Gasteiger partial charge in [0.2, 0.25) is 5.91 Å². The third kappa shape index (κ3) is 5.82. The van der Waals surface area contributed by atoms with Crippen LogP contribution in [-0.2, 0) is 11.3 Å². The van der Waals surface area contributed by atoms with E-state index in [1.807, 2.05) is 6.92 Å². The topological polar surface area (TPSA) is 78.4 Å². The van der Waals surface area contributed by atoms with Gasteiger partial charge in [0.15, 0.2) is 5.96 Å². The summed E-state index contributed by atoms with van der Waals surface area (Å²) < 4.78 is 0. The Hall–Kier alpha value is -1.63. The van der Waals surface area contributed by atoms with Gasteiger partial charge < -0.3 is 16.0 Å². The van der Waals surface area contributed by atoms with Crippen LogP contribution < -0.4 is 16.0 Å². The number of rotatable bonds is 5. The van der Waals surface area contributed by atoms with Crippen LogP contribution >= 0.6 is 11.3 Å². The summed E-state index contributed by atoms with van der Waals surface area (Å²) >= 11 is 1.68. The fourth-order valence-electron chi connectivity index (χ4n) is 2.68. The van der Waals surface area contributed by atoms with Crippen molar-refractivity contribution in [3.8, 4) is 0 Å². The molecule has 7 heteroatoms. The van der Waals surface area contributed by atoms with Crippen LogP contribution in [0.5, 0.6) is 0 Å². The highest BCUT2D eigenvalue weighted by molar-refractivity contribution is 7.11. The Morgan fingerprint density at radius 1 is 1.26 bits per heavy atom. The molecule has 1 saturated carbocycles. The minimum Gasteiger partial charge on any atom is -0.352 e. The highest BCUT2D eigenvalue weighted by atomic mass is 32.1. The van der Waals surface area contributed by atoms with E-state index in [0.717, 1.165) is 23.5 Å². The number of carbonyl (C=O) groups excluding carboxylic acids is 1. The summed E-state index contributed by atoms with van der Waals surface area (Å²) in [5.74, 6) is 0.648. The number of thiazole rings is 1. The third-order valence-electron chi connectivity index (χ3n) is 4.09. The molecule has 1 aromatic heterocycles. The first-order valence-corrected chi connectivity index (χ1v) is 9.07. The predicted molar refractivity (Wildman–Crippen MR) is 94.8 cm³/mol. The number of guanidine groups is 1. The SMILES string of the molecule is CN=C(NCC(=O)NC1CCCCC1)NCc1nc(C)c(C)s1. The molecule has 0 bridgehead atoms. The summed E-state index contributed by atoms with van der Waals surface area (Å²) in [6.07, 6.45) is 5.92. The molecule has 2 rings (SSSR count). The molecule has 1 amide bonds. The summed E-state index contributed by atoms with van der Waals surface area (Å²) in [6, 6.07) is 0.342. The van der Waals surface area contributed by atoms with Gasteiger partial charge in [-0.05, 0) is 26.7 Å². The van der Waals surface area contributed by atoms with Crippen LogP contribution in [0.1, 0.15) is 47.7 Å². The van der Waals surface area contributed by atoms with Crippen LogP contribution in [0.3, 0.4) is 0 Å². The van der Waals surface area contributed by atoms with E-state index in [-0.39, 0.29) is 12.5 Å². The zero-order chi connectivity index (χ0) is 16.7. The number of amides is 1. The van der Waals surface area contributed by atoms with Crippen molar-refractivity contribution < 1.29 is 4.79 Å². The minimum atomic E-state index is 0.0285. The average Bonchev–Trinajstić information content (AvgIpc) is 2.87. The number of aliphatic imine (C=N–C) groups is 1. The minimum absolute atomic E-state index is 0.0285. The van der Waals surface area contributed by atoms with Crippen LogP contribution in [0.25, 0.3) is 0 Å². The number of nitrogens with one attached hydrogen (secondary N) is 3. The zero-order valence-electron chi connectivity index (χ0n) is 14.2. The Bertz CT molecular complexity index is 529. The lowest BCUT2D eigenvalue weighted by Crippen LogP contribution is -2.45. The zero-order valence-corrected chi connectivity index (χ0v) is 15.1. The number of aryl methyl sites for hydroxylation is 2. The summed E-state index contributed by atoms with van der Waals surface area (Å²) in [5.41, 5.74) is 1.07. The van der Waals surface area contributed by atoms with Crippen LogP contribution in [0.4, 0.5) is 0 Å². The molecular weight excluding hydrogens is 310 g/mol. The first-order chi connectivity index (χ1) is 11.1. The second-order valence-corrected chi connectivity index (χ2v) is 7.22. The molecule has 1 aliphatic rings. The molecule has 0 spiro atoms. The van der Waals surface area contributed by atoms with E-state index in [9.17, 15) is 4.79 Å². The molecule has 0 atom stereocenters. The molecule has 0 aliphatic heterocycles. The summed E-state index contributed by atoms with van der Waals surface area (Å²) in [5, 5.41) is 10.4. The van der Waals surface area contributed by atoms with Gasteiger partial charge >= 0.3 is 0 Å². The Morgan fingerprint density at radius 2 is 2.00 bits per heavy atom. The van der Waals surface area contributed by atoms with Crippen molar-refractivity contribution in [2.45, 2.75) is 58.5 Å². The quantitative estimate of drug-likeness (QED) is 0.566. The third-order valence-corrected chi connectivity index (χ3v) is 5.16. The maximum Gasteiger partial charge on any atom is 0.239 e. The highest BCUT2D eigenvalue weighted by Gasteiger charge is 2.15. The Kier molecular flexibility index (Phi) is 6.83. The van der Waals surface area contributed by atoms with Gasteiger partial charge in [-0.3, -0.25) is 9.79 Å². The van der Waals surface area contributed by atoms with Gasteiger partial charge in [-0.25, -0.2) is 4.98 Å². The largest absolute Gasteiger partial charge is 0.352 e. The second kappa shape index (κ2) is 8.86. The van der Waals surface area contributed by atoms with Crippen molar-refractivity contribution in [2.75, 3.05) is 13.6 Å². The number of aromatic nitrogens is 1. The Balaban J connectivity index is 1.70. The molecule has 1 fully saturated rings.